The Morgan fingerprint density at radius 1 is 0.362 bits per heavy atom. The second-order valence-electron chi connectivity index (χ2n) is 14.9. The Morgan fingerprint density at radius 3 is 1.83 bits per heavy atom. The van der Waals surface area contributed by atoms with Crippen LogP contribution in [0.5, 0.6) is 0 Å². The summed E-state index contributed by atoms with van der Waals surface area (Å²) in [6, 6.07) is 73.1. The van der Waals surface area contributed by atoms with Crippen molar-refractivity contribution in [2.45, 2.75) is 0 Å². The fourth-order valence-electron chi connectivity index (χ4n) is 9.01. The molecule has 0 atom stereocenters. The summed E-state index contributed by atoms with van der Waals surface area (Å²) >= 11 is 0. The summed E-state index contributed by atoms with van der Waals surface area (Å²) in [7, 11) is 0. The highest BCUT2D eigenvalue weighted by atomic mass is 16.3. The van der Waals surface area contributed by atoms with Crippen molar-refractivity contribution in [3.63, 3.8) is 0 Å². The molecule has 0 bridgehead atoms. The first-order valence-corrected chi connectivity index (χ1v) is 19.7. The van der Waals surface area contributed by atoms with Crippen LogP contribution in [0.1, 0.15) is 0 Å². The Kier molecular flexibility index (Phi) is 7.20. The maximum Gasteiger partial charge on any atom is 0.145 e. The van der Waals surface area contributed by atoms with Gasteiger partial charge in [-0.3, -0.25) is 0 Å². The predicted molar refractivity (Wildman–Crippen MR) is 241 cm³/mol. The fraction of sp³-hybridized carbons (Fsp3) is 0. The van der Waals surface area contributed by atoms with Crippen LogP contribution in [-0.2, 0) is 0 Å². The number of rotatable bonds is 6. The smallest absolute Gasteiger partial charge is 0.145 e. The summed E-state index contributed by atoms with van der Waals surface area (Å²) in [5.41, 5.74) is 14.3. The van der Waals surface area contributed by atoms with E-state index in [0.717, 1.165) is 94.4 Å². The molecule has 9 aromatic carbocycles. The molecule has 0 saturated heterocycles. The molecule has 0 radical (unpaired) electrons. The van der Waals surface area contributed by atoms with Gasteiger partial charge in [0.25, 0.3) is 0 Å². The highest BCUT2D eigenvalue weighted by Crippen LogP contribution is 2.50. The van der Waals surface area contributed by atoms with E-state index in [0.29, 0.717) is 0 Å². The van der Waals surface area contributed by atoms with E-state index in [2.05, 4.69) is 210 Å². The third kappa shape index (κ3) is 4.95. The minimum atomic E-state index is 0.838. The average molecular weight is 743 g/mol. The second kappa shape index (κ2) is 12.9. The normalized spacial score (nSPS) is 11.8. The first kappa shape index (κ1) is 32.4. The van der Waals surface area contributed by atoms with Crippen molar-refractivity contribution in [1.29, 1.82) is 0 Å². The van der Waals surface area contributed by atoms with Crippen molar-refractivity contribution in [3.8, 4) is 27.9 Å². The van der Waals surface area contributed by atoms with Crippen molar-refractivity contribution < 1.29 is 8.83 Å². The summed E-state index contributed by atoms with van der Waals surface area (Å²) < 4.78 is 16.0. The zero-order chi connectivity index (χ0) is 38.2. The minimum Gasteiger partial charge on any atom is -0.456 e. The monoisotopic (exact) mass is 742 g/mol. The highest BCUT2D eigenvalue weighted by molar-refractivity contribution is 6.21. The number of furan rings is 2. The van der Waals surface area contributed by atoms with Crippen molar-refractivity contribution in [3.05, 3.63) is 206 Å². The van der Waals surface area contributed by atoms with E-state index >= 15 is 0 Å². The van der Waals surface area contributed by atoms with Gasteiger partial charge >= 0.3 is 0 Å². The van der Waals surface area contributed by atoms with Crippen molar-refractivity contribution in [1.82, 2.24) is 4.57 Å². The van der Waals surface area contributed by atoms with Gasteiger partial charge in [-0.05, 0) is 89.5 Å². The lowest BCUT2D eigenvalue weighted by molar-refractivity contribution is 0.669. The standard InChI is InChI=1S/C54H34N2O2/c1-4-15-35(16-5-1)37-27-29-44-51(33-37)58-54-40(36-17-6-2-7-18-36)31-32-47(53(44)54)56(46-24-14-26-50-52(46)43-22-11-13-25-49(43)57-50)39-28-30-42-41-21-10-12-23-45(41)55(48(42)34-39)38-19-8-3-9-20-38/h1-34H. The lowest BCUT2D eigenvalue weighted by atomic mass is 9.98. The summed E-state index contributed by atoms with van der Waals surface area (Å²) in [6.07, 6.45) is 0. The van der Waals surface area contributed by atoms with E-state index in [-0.39, 0.29) is 0 Å². The first-order valence-electron chi connectivity index (χ1n) is 19.7. The number of fused-ring (bicyclic) bond motifs is 9. The number of para-hydroxylation sites is 3. The molecule has 4 nitrogen and oxygen atoms in total. The average Bonchev–Trinajstić information content (AvgIpc) is 3.97. The molecule has 58 heavy (non-hydrogen) atoms. The molecule has 12 rings (SSSR count). The maximum absolute atomic E-state index is 7.04. The molecule has 0 aliphatic carbocycles. The van der Waals surface area contributed by atoms with Crippen molar-refractivity contribution >= 4 is 82.7 Å². The molecule has 0 amide bonds. The number of aromatic nitrogens is 1. The quantitative estimate of drug-likeness (QED) is 0.170. The van der Waals surface area contributed by atoms with E-state index < -0.39 is 0 Å². The minimum absolute atomic E-state index is 0.838. The van der Waals surface area contributed by atoms with Gasteiger partial charge in [0.05, 0.1) is 33.2 Å². The Morgan fingerprint density at radius 2 is 1.00 bits per heavy atom. The van der Waals surface area contributed by atoms with Gasteiger partial charge in [-0.2, -0.15) is 0 Å². The highest BCUT2D eigenvalue weighted by Gasteiger charge is 2.26. The Hall–Kier alpha value is -7.82. The van der Waals surface area contributed by atoms with Gasteiger partial charge in [-0.25, -0.2) is 0 Å². The number of anilines is 3. The van der Waals surface area contributed by atoms with E-state index in [1.165, 1.54) is 16.3 Å². The van der Waals surface area contributed by atoms with Crippen LogP contribution in [0.2, 0.25) is 0 Å². The Balaban J connectivity index is 1.20. The van der Waals surface area contributed by atoms with E-state index in [9.17, 15) is 0 Å². The Labute approximate surface area is 334 Å². The number of hydrogen-bond acceptors (Lipinski definition) is 3. The van der Waals surface area contributed by atoms with Crippen LogP contribution >= 0.6 is 0 Å². The third-order valence-corrected chi connectivity index (χ3v) is 11.6. The molecule has 0 spiro atoms. The van der Waals surface area contributed by atoms with Gasteiger partial charge in [-0.15, -0.1) is 0 Å². The fourth-order valence-corrected chi connectivity index (χ4v) is 9.01. The van der Waals surface area contributed by atoms with Crippen molar-refractivity contribution in [2.75, 3.05) is 4.90 Å². The van der Waals surface area contributed by atoms with Crippen LogP contribution < -0.4 is 4.90 Å². The zero-order valence-electron chi connectivity index (χ0n) is 31.3. The molecule has 0 N–H and O–H groups in total. The summed E-state index contributed by atoms with van der Waals surface area (Å²) in [5, 5.41) is 6.63. The summed E-state index contributed by atoms with van der Waals surface area (Å²) in [6.45, 7) is 0. The van der Waals surface area contributed by atoms with Crippen LogP contribution in [0.3, 0.4) is 0 Å². The molecule has 0 aliphatic heterocycles. The van der Waals surface area contributed by atoms with E-state index in [1.54, 1.807) is 0 Å². The molecule has 272 valence electrons. The molecule has 3 aromatic heterocycles. The number of nitrogens with zero attached hydrogens (tertiary/aromatic N) is 2. The van der Waals surface area contributed by atoms with Crippen LogP contribution in [0.25, 0.3) is 93.6 Å². The lowest BCUT2D eigenvalue weighted by Gasteiger charge is -2.27. The molecule has 4 heteroatoms. The second-order valence-corrected chi connectivity index (χ2v) is 14.9. The van der Waals surface area contributed by atoms with Gasteiger partial charge in [0.1, 0.15) is 22.3 Å². The SMILES string of the molecule is c1ccc(-c2ccc3c(c2)oc2c(-c4ccccc4)ccc(N(c4ccc5c6ccccc6n(-c6ccccc6)c5c4)c4cccc5oc6ccccc6c45)c23)cc1. The largest absolute Gasteiger partial charge is 0.456 e. The van der Waals surface area contributed by atoms with Crippen molar-refractivity contribution in [2.24, 2.45) is 0 Å². The molecule has 12 aromatic rings. The molecule has 0 fully saturated rings. The molecule has 3 heterocycles. The van der Waals surface area contributed by atoms with Crippen LogP contribution in [0.4, 0.5) is 17.1 Å². The van der Waals surface area contributed by atoms with Gasteiger partial charge < -0.3 is 18.3 Å². The molecular weight excluding hydrogens is 709 g/mol. The topological polar surface area (TPSA) is 34.5 Å². The predicted octanol–water partition coefficient (Wildman–Crippen LogP) is 15.4. The van der Waals surface area contributed by atoms with Gasteiger partial charge in [0.15, 0.2) is 0 Å². The van der Waals surface area contributed by atoms with Gasteiger partial charge in [0, 0.05) is 38.5 Å². The number of benzene rings is 9. The lowest BCUT2D eigenvalue weighted by Crippen LogP contribution is -2.11. The number of hydrogen-bond donors (Lipinski definition) is 0. The van der Waals surface area contributed by atoms with E-state index in [4.69, 9.17) is 8.83 Å². The van der Waals surface area contributed by atoms with E-state index in [1.807, 2.05) is 6.07 Å². The van der Waals surface area contributed by atoms with Crippen LogP contribution in [-0.4, -0.2) is 4.57 Å². The van der Waals surface area contributed by atoms with Gasteiger partial charge in [0.2, 0.25) is 0 Å². The maximum atomic E-state index is 7.04. The summed E-state index contributed by atoms with van der Waals surface area (Å²) in [4.78, 5) is 2.41. The molecule has 0 aliphatic rings. The molecule has 0 unspecified atom stereocenters. The summed E-state index contributed by atoms with van der Waals surface area (Å²) in [5.74, 6) is 0. The Bertz CT molecular complexity index is 3500. The van der Waals surface area contributed by atoms with Crippen LogP contribution in [0.15, 0.2) is 215 Å². The van der Waals surface area contributed by atoms with Crippen LogP contribution in [0, 0.1) is 0 Å². The molecule has 0 saturated carbocycles. The molecular formula is C54H34N2O2. The van der Waals surface area contributed by atoms with Gasteiger partial charge in [-0.1, -0.05) is 133 Å². The zero-order valence-corrected chi connectivity index (χ0v) is 31.3. The third-order valence-electron chi connectivity index (χ3n) is 11.6. The first-order chi connectivity index (χ1) is 28.8.